The van der Waals surface area contributed by atoms with E-state index in [0.29, 0.717) is 0 Å². The number of aryl methyl sites for hydroxylation is 2. The number of hydrazone groups is 1. The van der Waals surface area contributed by atoms with Crippen LogP contribution in [0.2, 0.25) is 0 Å². The summed E-state index contributed by atoms with van der Waals surface area (Å²) in [6.45, 7) is 4.05. The first-order valence-electron chi connectivity index (χ1n) is 6.37. The molecule has 0 aliphatic heterocycles. The van der Waals surface area contributed by atoms with Crippen LogP contribution < -0.4 is 10.7 Å². The van der Waals surface area contributed by atoms with E-state index in [2.05, 4.69) is 21.9 Å². The highest BCUT2D eigenvalue weighted by Gasteiger charge is 1.99. The number of hydrogen-bond acceptors (Lipinski definition) is 2. The molecule has 0 saturated heterocycles. The number of nitrogens with one attached hydrogen (secondary N) is 2. The largest absolute Gasteiger partial charge is 0.339 e. The smallest absolute Gasteiger partial charge is 0.307 e. The fourth-order valence-corrected chi connectivity index (χ4v) is 1.81. The third-order valence-electron chi connectivity index (χ3n) is 2.83. The fourth-order valence-electron chi connectivity index (χ4n) is 1.81. The number of rotatable bonds is 3. The molecule has 0 radical (unpaired) electrons. The maximum Gasteiger partial charge on any atom is 0.339 e. The lowest BCUT2D eigenvalue weighted by Crippen LogP contribution is -2.24. The van der Waals surface area contributed by atoms with Gasteiger partial charge in [0.25, 0.3) is 0 Å². The first-order valence-corrected chi connectivity index (χ1v) is 6.37. The SMILES string of the molecule is Cc1ccc(/C=N/NC(=O)Nc2ccccc2)c(C)c1. The Morgan fingerprint density at radius 3 is 2.55 bits per heavy atom. The predicted octanol–water partition coefficient (Wildman–Crippen LogP) is 3.46. The van der Waals surface area contributed by atoms with Gasteiger partial charge >= 0.3 is 6.03 Å². The Bertz CT molecular complexity index is 621. The van der Waals surface area contributed by atoms with Crippen LogP contribution in [0.4, 0.5) is 10.5 Å². The van der Waals surface area contributed by atoms with Crippen LogP contribution in [0.15, 0.2) is 53.6 Å². The van der Waals surface area contributed by atoms with Crippen molar-refractivity contribution in [1.82, 2.24) is 5.43 Å². The van der Waals surface area contributed by atoms with E-state index in [0.717, 1.165) is 16.8 Å². The molecule has 0 atom stereocenters. The van der Waals surface area contributed by atoms with Crippen molar-refractivity contribution < 1.29 is 4.79 Å². The van der Waals surface area contributed by atoms with Crippen LogP contribution in [0.5, 0.6) is 0 Å². The molecular weight excluding hydrogens is 250 g/mol. The average molecular weight is 267 g/mol. The van der Waals surface area contributed by atoms with Gasteiger partial charge in [-0.15, -0.1) is 0 Å². The maximum absolute atomic E-state index is 11.6. The summed E-state index contributed by atoms with van der Waals surface area (Å²) >= 11 is 0. The minimum atomic E-state index is -0.364. The quantitative estimate of drug-likeness (QED) is 0.649. The Balaban J connectivity index is 1.91. The molecule has 0 saturated carbocycles. The van der Waals surface area contributed by atoms with Crippen molar-refractivity contribution in [2.75, 3.05) is 5.32 Å². The van der Waals surface area contributed by atoms with E-state index in [1.54, 1.807) is 6.21 Å². The van der Waals surface area contributed by atoms with Crippen LogP contribution in [-0.4, -0.2) is 12.2 Å². The summed E-state index contributed by atoms with van der Waals surface area (Å²) in [5, 5.41) is 6.63. The standard InChI is InChI=1S/C16H17N3O/c1-12-8-9-14(13(2)10-12)11-17-19-16(20)18-15-6-4-3-5-7-15/h3-11H,1-2H3,(H2,18,19,20)/b17-11+. The van der Waals surface area contributed by atoms with Gasteiger partial charge in [0, 0.05) is 5.69 Å². The Morgan fingerprint density at radius 1 is 1.10 bits per heavy atom. The second-order valence-electron chi connectivity index (χ2n) is 4.55. The minimum absolute atomic E-state index is 0.364. The average Bonchev–Trinajstić information content (AvgIpc) is 2.42. The van der Waals surface area contributed by atoms with Crippen LogP contribution in [-0.2, 0) is 0 Å². The van der Waals surface area contributed by atoms with E-state index < -0.39 is 0 Å². The molecule has 0 heterocycles. The van der Waals surface area contributed by atoms with E-state index in [-0.39, 0.29) is 6.03 Å². The summed E-state index contributed by atoms with van der Waals surface area (Å²) < 4.78 is 0. The van der Waals surface area contributed by atoms with E-state index in [1.807, 2.05) is 56.3 Å². The van der Waals surface area contributed by atoms with Gasteiger partial charge in [-0.25, -0.2) is 10.2 Å². The monoisotopic (exact) mass is 267 g/mol. The number of carbonyl (C=O) groups excluding carboxylic acids is 1. The molecule has 0 bridgehead atoms. The van der Waals surface area contributed by atoms with Crippen molar-refractivity contribution in [3.8, 4) is 0 Å². The normalized spacial score (nSPS) is 10.5. The maximum atomic E-state index is 11.6. The molecule has 0 aliphatic rings. The molecule has 102 valence electrons. The van der Waals surface area contributed by atoms with E-state index in [1.165, 1.54) is 5.56 Å². The molecule has 4 heteroatoms. The van der Waals surface area contributed by atoms with Gasteiger partial charge in [0.1, 0.15) is 0 Å². The van der Waals surface area contributed by atoms with Gasteiger partial charge in [0.05, 0.1) is 6.21 Å². The van der Waals surface area contributed by atoms with E-state index in [4.69, 9.17) is 0 Å². The van der Waals surface area contributed by atoms with Crippen LogP contribution in [0.1, 0.15) is 16.7 Å². The lowest BCUT2D eigenvalue weighted by molar-refractivity contribution is 0.252. The van der Waals surface area contributed by atoms with Crippen LogP contribution in [0.3, 0.4) is 0 Å². The molecule has 2 amide bonds. The fraction of sp³-hybridized carbons (Fsp3) is 0.125. The van der Waals surface area contributed by atoms with E-state index in [9.17, 15) is 4.79 Å². The van der Waals surface area contributed by atoms with Crippen molar-refractivity contribution in [1.29, 1.82) is 0 Å². The molecule has 2 rings (SSSR count). The van der Waals surface area contributed by atoms with Crippen LogP contribution in [0, 0.1) is 13.8 Å². The Hall–Kier alpha value is -2.62. The van der Waals surface area contributed by atoms with Gasteiger partial charge in [0.2, 0.25) is 0 Å². The highest BCUT2D eigenvalue weighted by molar-refractivity contribution is 5.90. The number of amides is 2. The second kappa shape index (κ2) is 6.52. The lowest BCUT2D eigenvalue weighted by Gasteiger charge is -2.04. The zero-order chi connectivity index (χ0) is 14.4. The number of nitrogens with zero attached hydrogens (tertiary/aromatic N) is 1. The zero-order valence-electron chi connectivity index (χ0n) is 11.6. The molecule has 0 spiro atoms. The van der Waals surface area contributed by atoms with Crippen molar-refractivity contribution in [3.05, 3.63) is 65.2 Å². The van der Waals surface area contributed by atoms with Gasteiger partial charge in [-0.05, 0) is 37.1 Å². The van der Waals surface area contributed by atoms with Crippen LogP contribution in [0.25, 0.3) is 0 Å². The number of carbonyl (C=O) groups is 1. The highest BCUT2D eigenvalue weighted by atomic mass is 16.2. The second-order valence-corrected chi connectivity index (χ2v) is 4.55. The molecule has 0 aliphatic carbocycles. The molecule has 2 aromatic carbocycles. The summed E-state index contributed by atoms with van der Waals surface area (Å²) in [7, 11) is 0. The predicted molar refractivity (Wildman–Crippen MR) is 82.1 cm³/mol. The third kappa shape index (κ3) is 3.95. The summed E-state index contributed by atoms with van der Waals surface area (Å²) in [6.07, 6.45) is 1.64. The summed E-state index contributed by atoms with van der Waals surface area (Å²) in [5.41, 5.74) is 6.48. The molecular formula is C16H17N3O. The number of benzene rings is 2. The molecule has 0 fully saturated rings. The van der Waals surface area contributed by atoms with Crippen molar-refractivity contribution in [3.63, 3.8) is 0 Å². The topological polar surface area (TPSA) is 53.5 Å². The minimum Gasteiger partial charge on any atom is -0.307 e. The molecule has 4 nitrogen and oxygen atoms in total. The van der Waals surface area contributed by atoms with Gasteiger partial charge < -0.3 is 5.32 Å². The lowest BCUT2D eigenvalue weighted by atomic mass is 10.1. The van der Waals surface area contributed by atoms with Crippen molar-refractivity contribution >= 4 is 17.9 Å². The Kier molecular flexibility index (Phi) is 4.50. The molecule has 2 aromatic rings. The molecule has 0 unspecified atom stereocenters. The third-order valence-corrected chi connectivity index (χ3v) is 2.83. The van der Waals surface area contributed by atoms with Gasteiger partial charge in [-0.1, -0.05) is 42.0 Å². The van der Waals surface area contributed by atoms with Crippen molar-refractivity contribution in [2.24, 2.45) is 5.10 Å². The number of para-hydroxylation sites is 1. The number of urea groups is 1. The summed E-state index contributed by atoms with van der Waals surface area (Å²) in [5.74, 6) is 0. The number of hydrogen-bond donors (Lipinski definition) is 2. The van der Waals surface area contributed by atoms with Gasteiger partial charge in [0.15, 0.2) is 0 Å². The van der Waals surface area contributed by atoms with Gasteiger partial charge in [-0.3, -0.25) is 0 Å². The van der Waals surface area contributed by atoms with Gasteiger partial charge in [-0.2, -0.15) is 5.10 Å². The van der Waals surface area contributed by atoms with Crippen LogP contribution >= 0.6 is 0 Å². The van der Waals surface area contributed by atoms with E-state index >= 15 is 0 Å². The first kappa shape index (κ1) is 13.8. The Morgan fingerprint density at radius 2 is 1.85 bits per heavy atom. The Labute approximate surface area is 118 Å². The van der Waals surface area contributed by atoms with Crippen molar-refractivity contribution in [2.45, 2.75) is 13.8 Å². The molecule has 0 aromatic heterocycles. The molecule has 20 heavy (non-hydrogen) atoms. The highest BCUT2D eigenvalue weighted by Crippen LogP contribution is 2.08. The zero-order valence-corrected chi connectivity index (χ0v) is 11.6. The summed E-state index contributed by atoms with van der Waals surface area (Å²) in [4.78, 5) is 11.6. The summed E-state index contributed by atoms with van der Waals surface area (Å²) in [6, 6.07) is 14.9. The number of anilines is 1. The molecule has 2 N–H and O–H groups in total. The first-order chi connectivity index (χ1) is 9.65.